The molecular weight excluding hydrogens is 280 g/mol. The summed E-state index contributed by atoms with van der Waals surface area (Å²) in [6, 6.07) is 11.9. The van der Waals surface area contributed by atoms with Gasteiger partial charge in [0.25, 0.3) is 0 Å². The van der Waals surface area contributed by atoms with Gasteiger partial charge in [0, 0.05) is 17.0 Å². The number of phenolic OH excluding ortho intramolecular Hbond substituents is 1. The Bertz CT molecular complexity index is 625. The predicted molar refractivity (Wildman–Crippen MR) is 75.5 cm³/mol. The lowest BCUT2D eigenvalue weighted by molar-refractivity contribution is -0.139. The summed E-state index contributed by atoms with van der Waals surface area (Å²) in [6.07, 6.45) is 0.405. The van der Waals surface area contributed by atoms with E-state index in [2.05, 4.69) is 0 Å². The van der Waals surface area contributed by atoms with Gasteiger partial charge in [0.2, 0.25) is 0 Å². The molecule has 0 radical (unpaired) electrons. The molecular formula is C15H13ClO4. The zero-order valence-electron chi connectivity index (χ0n) is 10.5. The van der Waals surface area contributed by atoms with Gasteiger partial charge in [-0.3, -0.25) is 0 Å². The molecule has 2 aromatic carbocycles. The van der Waals surface area contributed by atoms with E-state index in [4.69, 9.17) is 21.4 Å². The Morgan fingerprint density at radius 3 is 2.60 bits per heavy atom. The third kappa shape index (κ3) is 3.65. The van der Waals surface area contributed by atoms with Crippen molar-refractivity contribution in [1.82, 2.24) is 0 Å². The molecule has 0 bridgehead atoms. The van der Waals surface area contributed by atoms with Crippen molar-refractivity contribution < 1.29 is 19.7 Å². The summed E-state index contributed by atoms with van der Waals surface area (Å²) in [7, 11) is 0. The highest BCUT2D eigenvalue weighted by molar-refractivity contribution is 6.30. The number of carbonyl (C=O) groups is 1. The summed E-state index contributed by atoms with van der Waals surface area (Å²) in [5, 5.41) is 19.0. The van der Waals surface area contributed by atoms with Crippen molar-refractivity contribution in [3.63, 3.8) is 0 Å². The number of aromatic hydroxyl groups is 1. The monoisotopic (exact) mass is 292 g/mol. The maximum Gasteiger partial charge on any atom is 0.341 e. The molecule has 0 atom stereocenters. The van der Waals surface area contributed by atoms with Crippen LogP contribution in [0.2, 0.25) is 5.02 Å². The fourth-order valence-corrected chi connectivity index (χ4v) is 2.03. The number of ether oxygens (including phenoxy) is 1. The second kappa shape index (κ2) is 6.30. The highest BCUT2D eigenvalue weighted by Gasteiger charge is 2.10. The summed E-state index contributed by atoms with van der Waals surface area (Å²) < 4.78 is 5.23. The molecule has 5 heteroatoms. The average Bonchev–Trinajstić information content (AvgIpc) is 2.40. The van der Waals surface area contributed by atoms with Gasteiger partial charge in [-0.05, 0) is 29.8 Å². The molecule has 0 amide bonds. The van der Waals surface area contributed by atoms with Gasteiger partial charge < -0.3 is 14.9 Å². The summed E-state index contributed by atoms with van der Waals surface area (Å²) >= 11 is 5.95. The van der Waals surface area contributed by atoms with Gasteiger partial charge in [0.1, 0.15) is 11.5 Å². The van der Waals surface area contributed by atoms with Crippen LogP contribution in [0, 0.1) is 0 Å². The fourth-order valence-electron chi connectivity index (χ4n) is 1.83. The largest absolute Gasteiger partial charge is 0.508 e. The van der Waals surface area contributed by atoms with Crippen LogP contribution in [0.15, 0.2) is 42.5 Å². The van der Waals surface area contributed by atoms with E-state index in [1.54, 1.807) is 36.4 Å². The maximum absolute atomic E-state index is 10.6. The zero-order valence-corrected chi connectivity index (χ0v) is 11.3. The molecule has 2 rings (SSSR count). The molecule has 2 aromatic rings. The second-order valence-corrected chi connectivity index (χ2v) is 4.68. The van der Waals surface area contributed by atoms with Crippen molar-refractivity contribution in [3.8, 4) is 11.5 Å². The van der Waals surface area contributed by atoms with Crippen molar-refractivity contribution in [3.05, 3.63) is 58.6 Å². The first-order chi connectivity index (χ1) is 9.56. The minimum Gasteiger partial charge on any atom is -0.508 e. The van der Waals surface area contributed by atoms with Crippen LogP contribution in [-0.2, 0) is 11.2 Å². The van der Waals surface area contributed by atoms with Crippen molar-refractivity contribution in [1.29, 1.82) is 0 Å². The number of hydrogen-bond donors (Lipinski definition) is 2. The van der Waals surface area contributed by atoms with E-state index in [0.29, 0.717) is 17.2 Å². The van der Waals surface area contributed by atoms with Gasteiger partial charge in [-0.25, -0.2) is 4.79 Å². The Kier molecular flexibility index (Phi) is 4.48. The minimum atomic E-state index is -1.05. The third-order valence-corrected chi connectivity index (χ3v) is 2.98. The van der Waals surface area contributed by atoms with E-state index in [-0.39, 0.29) is 5.75 Å². The number of carboxylic acid groups (broad SMARTS) is 1. The van der Waals surface area contributed by atoms with E-state index in [9.17, 15) is 9.90 Å². The van der Waals surface area contributed by atoms with Gasteiger partial charge in [-0.1, -0.05) is 29.8 Å². The summed E-state index contributed by atoms with van der Waals surface area (Å²) in [5.41, 5.74) is 1.44. The topological polar surface area (TPSA) is 66.8 Å². The summed E-state index contributed by atoms with van der Waals surface area (Å²) in [4.78, 5) is 10.6. The predicted octanol–water partition coefficient (Wildman–Crippen LogP) is 3.10. The number of aliphatic carboxylic acids is 1. The molecule has 0 spiro atoms. The molecule has 0 fully saturated rings. The first kappa shape index (κ1) is 14.2. The Balaban J connectivity index is 2.27. The average molecular weight is 293 g/mol. The van der Waals surface area contributed by atoms with Crippen LogP contribution in [0.1, 0.15) is 11.1 Å². The van der Waals surface area contributed by atoms with E-state index in [0.717, 1.165) is 11.1 Å². The van der Waals surface area contributed by atoms with Gasteiger partial charge >= 0.3 is 5.97 Å². The molecule has 2 N–H and O–H groups in total. The van der Waals surface area contributed by atoms with Crippen molar-refractivity contribution in [2.75, 3.05) is 6.61 Å². The smallest absolute Gasteiger partial charge is 0.341 e. The first-order valence-electron chi connectivity index (χ1n) is 5.96. The van der Waals surface area contributed by atoms with Gasteiger partial charge in [0.15, 0.2) is 6.61 Å². The van der Waals surface area contributed by atoms with Gasteiger partial charge in [0.05, 0.1) is 0 Å². The van der Waals surface area contributed by atoms with Crippen LogP contribution >= 0.6 is 11.6 Å². The number of phenols is 1. The number of para-hydroxylation sites is 1. The standard InChI is InChI=1S/C15H13ClO4/c16-12-5-6-14(20-9-15(18)19)11(8-12)7-10-3-1-2-4-13(10)17/h1-6,8,17H,7,9H2,(H,18,19). The quantitative estimate of drug-likeness (QED) is 0.888. The van der Waals surface area contributed by atoms with Crippen LogP contribution < -0.4 is 4.74 Å². The Morgan fingerprint density at radius 1 is 1.15 bits per heavy atom. The van der Waals surface area contributed by atoms with E-state index >= 15 is 0 Å². The van der Waals surface area contributed by atoms with E-state index in [1.807, 2.05) is 6.07 Å². The maximum atomic E-state index is 10.6. The van der Waals surface area contributed by atoms with Crippen LogP contribution in [-0.4, -0.2) is 22.8 Å². The van der Waals surface area contributed by atoms with Gasteiger partial charge in [-0.2, -0.15) is 0 Å². The molecule has 0 unspecified atom stereocenters. The SMILES string of the molecule is O=C(O)COc1ccc(Cl)cc1Cc1ccccc1O. The molecule has 0 aliphatic heterocycles. The first-order valence-corrected chi connectivity index (χ1v) is 6.34. The minimum absolute atomic E-state index is 0.177. The van der Waals surface area contributed by atoms with Crippen LogP contribution in [0.4, 0.5) is 0 Å². The fraction of sp³-hybridized carbons (Fsp3) is 0.133. The van der Waals surface area contributed by atoms with Gasteiger partial charge in [-0.15, -0.1) is 0 Å². The lowest BCUT2D eigenvalue weighted by Crippen LogP contribution is -2.10. The highest BCUT2D eigenvalue weighted by Crippen LogP contribution is 2.28. The van der Waals surface area contributed by atoms with Crippen LogP contribution in [0.5, 0.6) is 11.5 Å². The van der Waals surface area contributed by atoms with Crippen LogP contribution in [0.3, 0.4) is 0 Å². The molecule has 0 saturated carbocycles. The molecule has 20 heavy (non-hydrogen) atoms. The number of carboxylic acids is 1. The number of halogens is 1. The normalized spacial score (nSPS) is 10.2. The molecule has 0 heterocycles. The summed E-state index contributed by atoms with van der Waals surface area (Å²) in [5.74, 6) is -0.426. The Labute approximate surface area is 121 Å². The molecule has 0 aliphatic rings. The Morgan fingerprint density at radius 2 is 1.90 bits per heavy atom. The Hall–Kier alpha value is -2.20. The number of benzene rings is 2. The molecule has 0 saturated heterocycles. The van der Waals surface area contributed by atoms with Crippen molar-refractivity contribution in [2.24, 2.45) is 0 Å². The van der Waals surface area contributed by atoms with Crippen molar-refractivity contribution >= 4 is 17.6 Å². The van der Waals surface area contributed by atoms with E-state index in [1.165, 1.54) is 0 Å². The molecule has 0 aliphatic carbocycles. The molecule has 0 aromatic heterocycles. The van der Waals surface area contributed by atoms with E-state index < -0.39 is 12.6 Å². The number of hydrogen-bond acceptors (Lipinski definition) is 3. The third-order valence-electron chi connectivity index (χ3n) is 2.75. The highest BCUT2D eigenvalue weighted by atomic mass is 35.5. The van der Waals surface area contributed by atoms with Crippen LogP contribution in [0.25, 0.3) is 0 Å². The second-order valence-electron chi connectivity index (χ2n) is 4.24. The molecule has 104 valence electrons. The zero-order chi connectivity index (χ0) is 14.5. The lowest BCUT2D eigenvalue weighted by Gasteiger charge is -2.11. The molecule has 4 nitrogen and oxygen atoms in total. The number of rotatable bonds is 5. The summed E-state index contributed by atoms with van der Waals surface area (Å²) in [6.45, 7) is -0.421. The lowest BCUT2D eigenvalue weighted by atomic mass is 10.0. The van der Waals surface area contributed by atoms with Crippen molar-refractivity contribution in [2.45, 2.75) is 6.42 Å².